The Kier molecular flexibility index (Phi) is 2.91. The number of rotatable bonds is 1. The smallest absolute Gasteiger partial charge is 0.303 e. The van der Waals surface area contributed by atoms with Crippen LogP contribution in [0, 0.1) is 0 Å². The SMILES string of the molecule is CC(=O)OC1c2ccccc2Oc2ccc(Cl)cc21. The van der Waals surface area contributed by atoms with Crippen LogP contribution < -0.4 is 4.74 Å². The average molecular weight is 275 g/mol. The number of carbonyl (C=O) groups is 1. The van der Waals surface area contributed by atoms with E-state index in [1.54, 1.807) is 18.2 Å². The summed E-state index contributed by atoms with van der Waals surface area (Å²) < 4.78 is 11.2. The van der Waals surface area contributed by atoms with Crippen molar-refractivity contribution in [1.82, 2.24) is 0 Å². The van der Waals surface area contributed by atoms with Gasteiger partial charge in [-0.2, -0.15) is 0 Å². The van der Waals surface area contributed by atoms with Gasteiger partial charge in [0, 0.05) is 23.1 Å². The second kappa shape index (κ2) is 4.59. The van der Waals surface area contributed by atoms with Crippen molar-refractivity contribution in [3.63, 3.8) is 0 Å². The first-order valence-electron chi connectivity index (χ1n) is 5.88. The molecular weight excluding hydrogens is 264 g/mol. The maximum Gasteiger partial charge on any atom is 0.303 e. The molecule has 0 saturated heterocycles. The molecule has 4 heteroatoms. The molecule has 1 unspecified atom stereocenters. The van der Waals surface area contributed by atoms with Crippen molar-refractivity contribution in [2.24, 2.45) is 0 Å². The molecule has 3 nitrogen and oxygen atoms in total. The molecule has 0 aliphatic carbocycles. The summed E-state index contributed by atoms with van der Waals surface area (Å²) in [5.41, 5.74) is 1.59. The summed E-state index contributed by atoms with van der Waals surface area (Å²) in [4.78, 5) is 11.3. The Hall–Kier alpha value is -2.00. The molecule has 1 aliphatic heterocycles. The standard InChI is InChI=1S/C15H11ClO3/c1-9(17)18-15-11-4-2-3-5-13(11)19-14-7-6-10(16)8-12(14)15/h2-8,15H,1H3. The van der Waals surface area contributed by atoms with Gasteiger partial charge in [-0.15, -0.1) is 0 Å². The normalized spacial score (nSPS) is 16.0. The topological polar surface area (TPSA) is 35.5 Å². The summed E-state index contributed by atoms with van der Waals surface area (Å²) in [6.45, 7) is 1.39. The van der Waals surface area contributed by atoms with Gasteiger partial charge >= 0.3 is 5.97 Å². The highest BCUT2D eigenvalue weighted by atomic mass is 35.5. The Morgan fingerprint density at radius 1 is 1.16 bits per heavy atom. The van der Waals surface area contributed by atoms with Gasteiger partial charge in [-0.25, -0.2) is 0 Å². The van der Waals surface area contributed by atoms with E-state index >= 15 is 0 Å². The summed E-state index contributed by atoms with van der Waals surface area (Å²) >= 11 is 6.01. The van der Waals surface area contributed by atoms with Crippen LogP contribution in [-0.2, 0) is 9.53 Å². The summed E-state index contributed by atoms with van der Waals surface area (Å²) in [7, 11) is 0. The molecule has 0 N–H and O–H groups in total. The fraction of sp³-hybridized carbons (Fsp3) is 0.133. The van der Waals surface area contributed by atoms with Crippen LogP contribution >= 0.6 is 11.6 Å². The molecule has 3 rings (SSSR count). The molecule has 1 atom stereocenters. The summed E-state index contributed by atoms with van der Waals surface area (Å²) in [5.74, 6) is 1.02. The first kappa shape index (κ1) is 12.1. The third kappa shape index (κ3) is 2.17. The van der Waals surface area contributed by atoms with Crippen LogP contribution in [0.5, 0.6) is 11.5 Å². The number of para-hydroxylation sites is 1. The minimum atomic E-state index is -0.476. The van der Waals surface area contributed by atoms with Crippen molar-refractivity contribution in [1.29, 1.82) is 0 Å². The number of hydrogen-bond acceptors (Lipinski definition) is 3. The van der Waals surface area contributed by atoms with Crippen molar-refractivity contribution >= 4 is 17.6 Å². The summed E-state index contributed by atoms with van der Waals surface area (Å²) in [6.07, 6.45) is -0.476. The van der Waals surface area contributed by atoms with Crippen LogP contribution in [0.4, 0.5) is 0 Å². The predicted octanol–water partition coefficient (Wildman–Crippen LogP) is 4.10. The van der Waals surface area contributed by atoms with Crippen molar-refractivity contribution in [3.05, 3.63) is 58.6 Å². The van der Waals surface area contributed by atoms with Crippen LogP contribution in [0.15, 0.2) is 42.5 Å². The number of benzene rings is 2. The third-order valence-corrected chi connectivity index (χ3v) is 3.19. The fourth-order valence-electron chi connectivity index (χ4n) is 2.19. The van der Waals surface area contributed by atoms with Crippen LogP contribution in [0.2, 0.25) is 5.02 Å². The van der Waals surface area contributed by atoms with Crippen molar-refractivity contribution in [3.8, 4) is 11.5 Å². The molecular formula is C15H11ClO3. The van der Waals surface area contributed by atoms with Gasteiger partial charge in [0.25, 0.3) is 0 Å². The fourth-order valence-corrected chi connectivity index (χ4v) is 2.37. The maximum absolute atomic E-state index is 11.3. The van der Waals surface area contributed by atoms with E-state index in [-0.39, 0.29) is 5.97 Å². The minimum Gasteiger partial charge on any atom is -0.456 e. The number of hydrogen-bond donors (Lipinski definition) is 0. The van der Waals surface area contributed by atoms with E-state index in [2.05, 4.69) is 0 Å². The van der Waals surface area contributed by atoms with Gasteiger partial charge in [0.15, 0.2) is 6.10 Å². The molecule has 0 amide bonds. The van der Waals surface area contributed by atoms with Gasteiger partial charge in [-0.1, -0.05) is 29.8 Å². The molecule has 0 bridgehead atoms. The first-order valence-corrected chi connectivity index (χ1v) is 6.26. The quantitative estimate of drug-likeness (QED) is 0.735. The number of esters is 1. The Bertz CT molecular complexity index is 652. The predicted molar refractivity (Wildman–Crippen MR) is 71.6 cm³/mol. The molecule has 1 aliphatic rings. The lowest BCUT2D eigenvalue weighted by Crippen LogP contribution is -2.15. The highest BCUT2D eigenvalue weighted by Gasteiger charge is 2.29. The van der Waals surface area contributed by atoms with Crippen molar-refractivity contribution < 1.29 is 14.3 Å². The van der Waals surface area contributed by atoms with E-state index in [0.717, 1.165) is 11.1 Å². The Morgan fingerprint density at radius 2 is 1.89 bits per heavy atom. The Morgan fingerprint density at radius 3 is 2.68 bits per heavy atom. The molecule has 2 aromatic carbocycles. The van der Waals surface area contributed by atoms with E-state index in [4.69, 9.17) is 21.1 Å². The molecule has 2 aromatic rings. The van der Waals surface area contributed by atoms with Gasteiger partial charge in [-0.3, -0.25) is 4.79 Å². The summed E-state index contributed by atoms with van der Waals surface area (Å²) in [6, 6.07) is 12.8. The second-order valence-corrected chi connectivity index (χ2v) is 4.75. The maximum atomic E-state index is 11.3. The van der Waals surface area contributed by atoms with E-state index in [1.165, 1.54) is 6.92 Å². The lowest BCUT2D eigenvalue weighted by atomic mass is 9.97. The number of fused-ring (bicyclic) bond motifs is 2. The molecule has 0 fully saturated rings. The van der Waals surface area contributed by atoms with Gasteiger partial charge < -0.3 is 9.47 Å². The van der Waals surface area contributed by atoms with Gasteiger partial charge in [-0.05, 0) is 24.3 Å². The van der Waals surface area contributed by atoms with Crippen LogP contribution in [0.3, 0.4) is 0 Å². The molecule has 0 saturated carbocycles. The van der Waals surface area contributed by atoms with E-state index in [1.807, 2.05) is 24.3 Å². The summed E-state index contributed by atoms with van der Waals surface area (Å²) in [5, 5.41) is 0.582. The van der Waals surface area contributed by atoms with Crippen molar-refractivity contribution in [2.45, 2.75) is 13.0 Å². The van der Waals surface area contributed by atoms with Gasteiger partial charge in [0.05, 0.1) is 0 Å². The van der Waals surface area contributed by atoms with Gasteiger partial charge in [0.1, 0.15) is 11.5 Å². The molecule has 96 valence electrons. The average Bonchev–Trinajstić information content (AvgIpc) is 2.39. The van der Waals surface area contributed by atoms with E-state index in [9.17, 15) is 4.79 Å². The highest BCUT2D eigenvalue weighted by molar-refractivity contribution is 6.30. The third-order valence-electron chi connectivity index (χ3n) is 2.96. The lowest BCUT2D eigenvalue weighted by Gasteiger charge is -2.27. The number of carbonyl (C=O) groups excluding carboxylic acids is 1. The first-order chi connectivity index (χ1) is 9.15. The lowest BCUT2D eigenvalue weighted by molar-refractivity contribution is -0.145. The van der Waals surface area contributed by atoms with Gasteiger partial charge in [0.2, 0.25) is 0 Å². The zero-order chi connectivity index (χ0) is 13.4. The molecule has 0 aromatic heterocycles. The van der Waals surface area contributed by atoms with E-state index in [0.29, 0.717) is 16.5 Å². The molecule has 0 spiro atoms. The number of halogens is 1. The highest BCUT2D eigenvalue weighted by Crippen LogP contribution is 2.45. The van der Waals surface area contributed by atoms with Crippen molar-refractivity contribution in [2.75, 3.05) is 0 Å². The molecule has 1 heterocycles. The second-order valence-electron chi connectivity index (χ2n) is 4.31. The van der Waals surface area contributed by atoms with Crippen LogP contribution in [0.1, 0.15) is 24.2 Å². The Balaban J connectivity index is 2.16. The van der Waals surface area contributed by atoms with Crippen LogP contribution in [-0.4, -0.2) is 5.97 Å². The molecule has 0 radical (unpaired) electrons. The number of ether oxygens (including phenoxy) is 2. The minimum absolute atomic E-state index is 0.340. The zero-order valence-corrected chi connectivity index (χ0v) is 11.0. The zero-order valence-electron chi connectivity index (χ0n) is 10.2. The van der Waals surface area contributed by atoms with E-state index < -0.39 is 6.10 Å². The Labute approximate surface area is 115 Å². The molecule has 19 heavy (non-hydrogen) atoms. The van der Waals surface area contributed by atoms with Crippen LogP contribution in [0.25, 0.3) is 0 Å². The monoisotopic (exact) mass is 274 g/mol. The largest absolute Gasteiger partial charge is 0.456 e.